The Morgan fingerprint density at radius 2 is 1.80 bits per heavy atom. The summed E-state index contributed by atoms with van der Waals surface area (Å²) in [6.07, 6.45) is 0.503. The zero-order valence-electron chi connectivity index (χ0n) is 16.3. The fourth-order valence-corrected chi connectivity index (χ4v) is 4.79. The molecule has 0 saturated heterocycles. The van der Waals surface area contributed by atoms with Gasteiger partial charge in [-0.15, -0.1) is 11.3 Å². The van der Waals surface area contributed by atoms with Gasteiger partial charge in [-0.1, -0.05) is 60.7 Å². The molecule has 0 fully saturated rings. The second kappa shape index (κ2) is 7.39. The third-order valence-corrected chi connectivity index (χ3v) is 6.18. The minimum atomic E-state index is -0.565. The first-order valence-corrected chi connectivity index (χ1v) is 10.6. The van der Waals surface area contributed by atoms with Gasteiger partial charge < -0.3 is 5.32 Å². The van der Waals surface area contributed by atoms with Crippen LogP contribution in [0.1, 0.15) is 12.5 Å². The minimum Gasteiger partial charge on any atom is -0.300 e. The first-order valence-electron chi connectivity index (χ1n) is 9.74. The van der Waals surface area contributed by atoms with Gasteiger partial charge >= 0.3 is 0 Å². The molecule has 5 rings (SSSR count). The van der Waals surface area contributed by atoms with Crippen LogP contribution in [0.25, 0.3) is 22.0 Å². The van der Waals surface area contributed by atoms with E-state index in [9.17, 15) is 9.59 Å². The molecule has 1 atom stereocenters. The van der Waals surface area contributed by atoms with Crippen molar-refractivity contribution >= 4 is 44.7 Å². The molecule has 1 N–H and O–H groups in total. The molecule has 0 radical (unpaired) electrons. The topological polar surface area (TPSA) is 62.3 Å². The quantitative estimate of drug-likeness (QED) is 0.521. The van der Waals surface area contributed by atoms with Crippen molar-refractivity contribution in [3.8, 4) is 11.3 Å². The Morgan fingerprint density at radius 1 is 1.03 bits per heavy atom. The molecule has 0 saturated carbocycles. The van der Waals surface area contributed by atoms with Gasteiger partial charge in [-0.25, -0.2) is 4.98 Å². The highest BCUT2D eigenvalue weighted by Gasteiger charge is 2.37. The lowest BCUT2D eigenvalue weighted by atomic mass is 10.0. The van der Waals surface area contributed by atoms with Gasteiger partial charge in [-0.05, 0) is 22.4 Å². The van der Waals surface area contributed by atoms with Crippen molar-refractivity contribution in [2.75, 3.05) is 10.2 Å². The normalized spacial score (nSPS) is 15.2. The average Bonchev–Trinajstić information content (AvgIpc) is 3.38. The molecule has 5 nitrogen and oxygen atoms in total. The van der Waals surface area contributed by atoms with E-state index in [1.54, 1.807) is 4.90 Å². The van der Waals surface area contributed by atoms with E-state index >= 15 is 0 Å². The summed E-state index contributed by atoms with van der Waals surface area (Å²) in [5.41, 5.74) is 3.66. The number of rotatable bonds is 3. The van der Waals surface area contributed by atoms with Crippen molar-refractivity contribution in [1.29, 1.82) is 0 Å². The van der Waals surface area contributed by atoms with E-state index in [0.717, 1.165) is 33.3 Å². The minimum absolute atomic E-state index is 0.143. The maximum Gasteiger partial charge on any atom is 0.249 e. The molecule has 3 aromatic carbocycles. The molecular weight excluding hydrogens is 394 g/mol. The van der Waals surface area contributed by atoms with Crippen molar-refractivity contribution in [2.45, 2.75) is 19.4 Å². The van der Waals surface area contributed by atoms with Gasteiger partial charge in [0, 0.05) is 30.0 Å². The molecule has 2 amide bonds. The van der Waals surface area contributed by atoms with E-state index in [2.05, 4.69) is 28.5 Å². The zero-order valence-corrected chi connectivity index (χ0v) is 17.1. The van der Waals surface area contributed by atoms with Gasteiger partial charge in [0.1, 0.15) is 6.04 Å². The lowest BCUT2D eigenvalue weighted by molar-refractivity contribution is -0.122. The summed E-state index contributed by atoms with van der Waals surface area (Å²) < 4.78 is 0. The van der Waals surface area contributed by atoms with Crippen LogP contribution in [-0.4, -0.2) is 22.8 Å². The summed E-state index contributed by atoms with van der Waals surface area (Å²) >= 11 is 1.39. The van der Waals surface area contributed by atoms with Gasteiger partial charge in [0.05, 0.1) is 5.69 Å². The van der Waals surface area contributed by atoms with E-state index in [1.807, 2.05) is 53.9 Å². The fraction of sp³-hybridized carbons (Fsp3) is 0.125. The third-order valence-electron chi connectivity index (χ3n) is 5.42. The third kappa shape index (κ3) is 3.15. The lowest BCUT2D eigenvalue weighted by Crippen LogP contribution is -2.44. The number of anilines is 2. The second-order valence-electron chi connectivity index (χ2n) is 7.29. The predicted octanol–water partition coefficient (Wildman–Crippen LogP) is 4.88. The Labute approximate surface area is 178 Å². The van der Waals surface area contributed by atoms with Crippen LogP contribution < -0.4 is 10.2 Å². The summed E-state index contributed by atoms with van der Waals surface area (Å²) in [6.45, 7) is 1.49. The summed E-state index contributed by atoms with van der Waals surface area (Å²) in [6, 6.07) is 21.4. The molecule has 6 heteroatoms. The van der Waals surface area contributed by atoms with Crippen LogP contribution >= 0.6 is 11.3 Å². The lowest BCUT2D eigenvalue weighted by Gasteiger charge is -2.22. The summed E-state index contributed by atoms with van der Waals surface area (Å²) in [5.74, 6) is -0.365. The molecule has 1 aromatic heterocycles. The highest BCUT2D eigenvalue weighted by Crippen LogP contribution is 2.34. The number of nitrogens with zero attached hydrogens (tertiary/aromatic N) is 2. The van der Waals surface area contributed by atoms with Crippen LogP contribution in [-0.2, 0) is 16.0 Å². The van der Waals surface area contributed by atoms with Crippen LogP contribution in [0.4, 0.5) is 10.8 Å². The highest BCUT2D eigenvalue weighted by molar-refractivity contribution is 7.14. The van der Waals surface area contributed by atoms with Gasteiger partial charge in [-0.2, -0.15) is 0 Å². The Hall–Kier alpha value is -3.51. The Bertz CT molecular complexity index is 1270. The maximum atomic E-state index is 13.0. The molecule has 0 spiro atoms. The second-order valence-corrected chi connectivity index (χ2v) is 8.15. The number of aromatic nitrogens is 1. The van der Waals surface area contributed by atoms with E-state index < -0.39 is 6.04 Å². The number of amides is 2. The van der Waals surface area contributed by atoms with Gasteiger partial charge in [0.15, 0.2) is 5.13 Å². The van der Waals surface area contributed by atoms with Crippen molar-refractivity contribution in [3.05, 3.63) is 77.7 Å². The van der Waals surface area contributed by atoms with E-state index in [-0.39, 0.29) is 11.8 Å². The Morgan fingerprint density at radius 3 is 2.67 bits per heavy atom. The van der Waals surface area contributed by atoms with Gasteiger partial charge in [-0.3, -0.25) is 14.5 Å². The molecule has 2 heterocycles. The summed E-state index contributed by atoms with van der Waals surface area (Å²) in [4.78, 5) is 31.5. The number of benzene rings is 3. The molecule has 0 bridgehead atoms. The smallest absolute Gasteiger partial charge is 0.249 e. The van der Waals surface area contributed by atoms with Crippen LogP contribution in [0.15, 0.2) is 72.1 Å². The van der Waals surface area contributed by atoms with Crippen molar-refractivity contribution < 1.29 is 9.59 Å². The number of fused-ring (bicyclic) bond motifs is 2. The van der Waals surface area contributed by atoms with Crippen LogP contribution in [0.3, 0.4) is 0 Å². The number of carbonyl (C=O) groups is 2. The number of hydrogen-bond donors (Lipinski definition) is 1. The zero-order chi connectivity index (χ0) is 20.7. The number of nitrogens with one attached hydrogen (secondary N) is 1. The van der Waals surface area contributed by atoms with E-state index in [0.29, 0.717) is 11.6 Å². The summed E-state index contributed by atoms with van der Waals surface area (Å²) in [7, 11) is 0. The maximum absolute atomic E-state index is 13.0. The van der Waals surface area contributed by atoms with Crippen molar-refractivity contribution in [2.24, 2.45) is 0 Å². The first-order chi connectivity index (χ1) is 14.6. The van der Waals surface area contributed by atoms with Gasteiger partial charge in [0.25, 0.3) is 0 Å². The monoisotopic (exact) mass is 413 g/mol. The molecule has 148 valence electrons. The molecule has 1 aliphatic heterocycles. The molecule has 0 aliphatic carbocycles. The predicted molar refractivity (Wildman–Crippen MR) is 121 cm³/mol. The van der Waals surface area contributed by atoms with Crippen LogP contribution in [0.5, 0.6) is 0 Å². The van der Waals surface area contributed by atoms with Crippen LogP contribution in [0, 0.1) is 0 Å². The summed E-state index contributed by atoms with van der Waals surface area (Å²) in [5, 5.41) is 7.66. The Balaban J connectivity index is 1.40. The molecule has 0 unspecified atom stereocenters. The Kier molecular flexibility index (Phi) is 4.56. The molecule has 4 aromatic rings. The molecule has 30 heavy (non-hydrogen) atoms. The highest BCUT2D eigenvalue weighted by atomic mass is 32.1. The van der Waals surface area contributed by atoms with E-state index in [4.69, 9.17) is 0 Å². The number of para-hydroxylation sites is 1. The van der Waals surface area contributed by atoms with Crippen molar-refractivity contribution in [1.82, 2.24) is 4.98 Å². The average molecular weight is 414 g/mol. The molecular formula is C24H19N3O2S. The SMILES string of the molecule is CC(=O)N1c2ccccc2C[C@H]1C(=O)Nc1nc(-c2cccc3ccccc23)cs1. The number of thiazole rings is 1. The largest absolute Gasteiger partial charge is 0.300 e. The fourth-order valence-electron chi connectivity index (χ4n) is 4.08. The first kappa shape index (κ1) is 18.5. The standard InChI is InChI=1S/C24H19N3O2S/c1-15(28)27-21-12-5-3-8-17(21)13-22(27)23(29)26-24-25-20(14-30-24)19-11-6-9-16-7-2-4-10-18(16)19/h2-12,14,22H,13H2,1H3,(H,25,26,29)/t22-/m0/s1. The van der Waals surface area contributed by atoms with Crippen molar-refractivity contribution in [3.63, 3.8) is 0 Å². The molecule has 1 aliphatic rings. The van der Waals surface area contributed by atoms with Gasteiger partial charge in [0.2, 0.25) is 11.8 Å². The number of hydrogen-bond acceptors (Lipinski definition) is 4. The van der Waals surface area contributed by atoms with E-state index in [1.165, 1.54) is 18.3 Å². The van der Waals surface area contributed by atoms with Crippen LogP contribution in [0.2, 0.25) is 0 Å². The number of carbonyl (C=O) groups excluding carboxylic acids is 2.